The van der Waals surface area contributed by atoms with Crippen LogP contribution in [0, 0.1) is 5.92 Å². The number of phenolic OH excluding ortho intramolecular Hbond substituents is 1. The van der Waals surface area contributed by atoms with E-state index < -0.39 is 0 Å². The van der Waals surface area contributed by atoms with E-state index in [0.29, 0.717) is 17.7 Å². The van der Waals surface area contributed by atoms with Gasteiger partial charge in [0.2, 0.25) is 0 Å². The van der Waals surface area contributed by atoms with Crippen LogP contribution in [0.1, 0.15) is 56.4 Å². The lowest BCUT2D eigenvalue weighted by Gasteiger charge is -2.30. The van der Waals surface area contributed by atoms with Crippen LogP contribution in [0.25, 0.3) is 0 Å². The molecule has 0 bridgehead atoms. The van der Waals surface area contributed by atoms with Gasteiger partial charge >= 0.3 is 0 Å². The van der Waals surface area contributed by atoms with Crippen molar-refractivity contribution in [1.82, 2.24) is 5.32 Å². The van der Waals surface area contributed by atoms with Crippen LogP contribution < -0.4 is 5.32 Å². The summed E-state index contributed by atoms with van der Waals surface area (Å²) in [4.78, 5) is 0. The summed E-state index contributed by atoms with van der Waals surface area (Å²) in [5.74, 6) is 1.92. The maximum Gasteiger partial charge on any atom is 0.115 e. The highest BCUT2D eigenvalue weighted by atomic mass is 16.5. The smallest absolute Gasteiger partial charge is 0.115 e. The Morgan fingerprint density at radius 1 is 1.05 bits per heavy atom. The third-order valence-corrected chi connectivity index (χ3v) is 5.40. The van der Waals surface area contributed by atoms with E-state index in [0.717, 1.165) is 25.7 Å². The van der Waals surface area contributed by atoms with Crippen LogP contribution in [-0.4, -0.2) is 30.9 Å². The van der Waals surface area contributed by atoms with Crippen molar-refractivity contribution in [1.29, 1.82) is 0 Å². The quantitative estimate of drug-likeness (QED) is 0.869. The maximum absolute atomic E-state index is 9.62. The lowest BCUT2D eigenvalue weighted by molar-refractivity contribution is 0.0775. The summed E-state index contributed by atoms with van der Waals surface area (Å²) in [7, 11) is 0. The highest BCUT2D eigenvalue weighted by Crippen LogP contribution is 2.37. The first kappa shape index (κ1) is 15.8. The molecule has 3 rings (SSSR count). The van der Waals surface area contributed by atoms with Gasteiger partial charge in [0.15, 0.2) is 0 Å². The minimum Gasteiger partial charge on any atom is -0.508 e. The Morgan fingerprint density at radius 3 is 2.55 bits per heavy atom. The highest BCUT2D eigenvalue weighted by Gasteiger charge is 2.22. The predicted octanol–water partition coefficient (Wildman–Crippen LogP) is 3.82. The van der Waals surface area contributed by atoms with Gasteiger partial charge in [-0.25, -0.2) is 0 Å². The van der Waals surface area contributed by atoms with Crippen molar-refractivity contribution in [3.05, 3.63) is 29.8 Å². The number of aromatic hydroxyl groups is 1. The van der Waals surface area contributed by atoms with E-state index in [4.69, 9.17) is 4.74 Å². The molecule has 3 heteroatoms. The van der Waals surface area contributed by atoms with Crippen LogP contribution in [0.3, 0.4) is 0 Å². The second kappa shape index (κ2) is 7.98. The van der Waals surface area contributed by atoms with Gasteiger partial charge in [0, 0.05) is 19.3 Å². The molecule has 1 heterocycles. The Labute approximate surface area is 134 Å². The third kappa shape index (κ3) is 4.47. The van der Waals surface area contributed by atoms with Gasteiger partial charge in [-0.1, -0.05) is 12.1 Å². The minimum atomic E-state index is 0.403. The molecular weight excluding hydrogens is 274 g/mol. The highest BCUT2D eigenvalue weighted by molar-refractivity contribution is 5.29. The summed E-state index contributed by atoms with van der Waals surface area (Å²) >= 11 is 0. The van der Waals surface area contributed by atoms with E-state index in [1.165, 1.54) is 50.5 Å². The van der Waals surface area contributed by atoms with Crippen LogP contribution in [0.2, 0.25) is 0 Å². The van der Waals surface area contributed by atoms with Gasteiger partial charge in [-0.3, -0.25) is 0 Å². The average Bonchev–Trinajstić information content (AvgIpc) is 2.56. The molecule has 2 N–H and O–H groups in total. The number of benzene rings is 1. The first-order valence-corrected chi connectivity index (χ1v) is 8.91. The summed E-state index contributed by atoms with van der Waals surface area (Å²) in [5, 5.41) is 13.3. The molecule has 0 aromatic heterocycles. The third-order valence-electron chi connectivity index (χ3n) is 5.40. The van der Waals surface area contributed by atoms with E-state index >= 15 is 0 Å². The van der Waals surface area contributed by atoms with Gasteiger partial charge in [0.05, 0.1) is 0 Å². The molecule has 1 aromatic rings. The van der Waals surface area contributed by atoms with Crippen molar-refractivity contribution in [3.8, 4) is 5.75 Å². The molecule has 122 valence electrons. The standard InChI is InChI=1S/C19H29NO2/c21-19-3-1-2-17(14-19)16-6-4-15(5-7-16)8-11-20-18-9-12-22-13-10-18/h1-3,14-16,18,20-21H,4-13H2. The van der Waals surface area contributed by atoms with Crippen molar-refractivity contribution in [2.24, 2.45) is 5.92 Å². The fourth-order valence-corrected chi connectivity index (χ4v) is 3.96. The number of rotatable bonds is 5. The Hall–Kier alpha value is -1.06. The molecule has 3 nitrogen and oxygen atoms in total. The summed E-state index contributed by atoms with van der Waals surface area (Å²) in [5.41, 5.74) is 1.32. The molecule has 0 spiro atoms. The normalized spacial score (nSPS) is 26.9. The number of phenols is 1. The van der Waals surface area contributed by atoms with Gasteiger partial charge in [-0.15, -0.1) is 0 Å². The number of hydrogen-bond acceptors (Lipinski definition) is 3. The Kier molecular flexibility index (Phi) is 5.74. The van der Waals surface area contributed by atoms with E-state index in [9.17, 15) is 5.11 Å². The zero-order chi connectivity index (χ0) is 15.2. The Balaban J connectivity index is 1.36. The van der Waals surface area contributed by atoms with E-state index in [2.05, 4.69) is 11.4 Å². The molecule has 0 amide bonds. The predicted molar refractivity (Wildman–Crippen MR) is 89.3 cm³/mol. The topological polar surface area (TPSA) is 41.5 Å². The molecule has 1 aliphatic carbocycles. The SMILES string of the molecule is Oc1cccc(C2CCC(CCNC3CCOCC3)CC2)c1. The van der Waals surface area contributed by atoms with E-state index in [1.807, 2.05) is 12.1 Å². The monoisotopic (exact) mass is 303 g/mol. The maximum atomic E-state index is 9.62. The average molecular weight is 303 g/mol. The molecule has 22 heavy (non-hydrogen) atoms. The first-order chi connectivity index (χ1) is 10.8. The van der Waals surface area contributed by atoms with Crippen LogP contribution in [0.4, 0.5) is 0 Å². The Bertz CT molecular complexity index is 449. The van der Waals surface area contributed by atoms with Crippen LogP contribution in [0.5, 0.6) is 5.75 Å². The molecular formula is C19H29NO2. The van der Waals surface area contributed by atoms with E-state index in [1.54, 1.807) is 6.07 Å². The summed E-state index contributed by atoms with van der Waals surface area (Å²) < 4.78 is 5.40. The summed E-state index contributed by atoms with van der Waals surface area (Å²) in [6.45, 7) is 3.01. The zero-order valence-corrected chi connectivity index (χ0v) is 13.5. The molecule has 0 radical (unpaired) electrons. The largest absolute Gasteiger partial charge is 0.508 e. The molecule has 2 fully saturated rings. The van der Waals surface area contributed by atoms with Gasteiger partial charge in [-0.2, -0.15) is 0 Å². The fraction of sp³-hybridized carbons (Fsp3) is 0.684. The van der Waals surface area contributed by atoms with Crippen LogP contribution in [-0.2, 0) is 4.74 Å². The van der Waals surface area contributed by atoms with Gasteiger partial charge in [0.25, 0.3) is 0 Å². The lowest BCUT2D eigenvalue weighted by atomic mass is 9.77. The molecule has 1 aromatic carbocycles. The van der Waals surface area contributed by atoms with Crippen molar-refractivity contribution < 1.29 is 9.84 Å². The molecule has 2 aliphatic rings. The van der Waals surface area contributed by atoms with Crippen molar-refractivity contribution in [2.45, 2.75) is 56.9 Å². The van der Waals surface area contributed by atoms with Crippen molar-refractivity contribution in [2.75, 3.05) is 19.8 Å². The van der Waals surface area contributed by atoms with Gasteiger partial charge < -0.3 is 15.2 Å². The zero-order valence-electron chi connectivity index (χ0n) is 13.5. The summed E-state index contributed by atoms with van der Waals surface area (Å²) in [6, 6.07) is 8.51. The minimum absolute atomic E-state index is 0.403. The lowest BCUT2D eigenvalue weighted by Crippen LogP contribution is -2.36. The number of ether oxygens (including phenoxy) is 1. The second-order valence-electron chi connectivity index (χ2n) is 6.94. The molecule has 1 aliphatic heterocycles. The molecule has 1 saturated heterocycles. The second-order valence-corrected chi connectivity index (χ2v) is 6.94. The molecule has 0 atom stereocenters. The van der Waals surface area contributed by atoms with Crippen LogP contribution in [0.15, 0.2) is 24.3 Å². The number of nitrogens with one attached hydrogen (secondary N) is 1. The van der Waals surface area contributed by atoms with Crippen LogP contribution >= 0.6 is 0 Å². The Morgan fingerprint density at radius 2 is 1.82 bits per heavy atom. The molecule has 0 unspecified atom stereocenters. The first-order valence-electron chi connectivity index (χ1n) is 8.91. The van der Waals surface area contributed by atoms with Crippen molar-refractivity contribution >= 4 is 0 Å². The van der Waals surface area contributed by atoms with Gasteiger partial charge in [-0.05, 0) is 81.0 Å². The molecule has 1 saturated carbocycles. The van der Waals surface area contributed by atoms with Gasteiger partial charge in [0.1, 0.15) is 5.75 Å². The fourth-order valence-electron chi connectivity index (χ4n) is 3.96. The van der Waals surface area contributed by atoms with E-state index in [-0.39, 0.29) is 0 Å². The van der Waals surface area contributed by atoms with Crippen molar-refractivity contribution in [3.63, 3.8) is 0 Å². The number of hydrogen-bond donors (Lipinski definition) is 2. The summed E-state index contributed by atoms with van der Waals surface area (Å²) in [6.07, 6.45) is 8.85.